The lowest BCUT2D eigenvalue weighted by Crippen LogP contribution is -2.41. The number of hydrogen-bond acceptors (Lipinski definition) is 3. The van der Waals surface area contributed by atoms with Gasteiger partial charge in [-0.2, -0.15) is 5.10 Å². The maximum Gasteiger partial charge on any atom is 0.194 e. The van der Waals surface area contributed by atoms with Crippen molar-refractivity contribution < 1.29 is 4.74 Å². The molecule has 3 heterocycles. The molecule has 1 aromatic carbocycles. The van der Waals surface area contributed by atoms with Gasteiger partial charge in [-0.25, -0.2) is 9.67 Å². The number of aromatic nitrogens is 2. The minimum atomic E-state index is 0.329. The highest BCUT2D eigenvalue weighted by Gasteiger charge is 2.42. The van der Waals surface area contributed by atoms with Crippen molar-refractivity contribution in [3.8, 4) is 5.69 Å². The molecule has 0 radical (unpaired) electrons. The Morgan fingerprint density at radius 3 is 2.93 bits per heavy atom. The van der Waals surface area contributed by atoms with Crippen LogP contribution in [0.25, 0.3) is 5.69 Å². The summed E-state index contributed by atoms with van der Waals surface area (Å²) in [5.41, 5.74) is 2.40. The lowest BCUT2D eigenvalue weighted by atomic mass is 9.87. The summed E-state index contributed by atoms with van der Waals surface area (Å²) in [6.45, 7) is 7.43. The molecule has 2 fully saturated rings. The number of benzene rings is 1. The first-order valence-electron chi connectivity index (χ1n) is 9.58. The zero-order chi connectivity index (χ0) is 18.7. The fourth-order valence-corrected chi connectivity index (χ4v) is 3.98. The van der Waals surface area contributed by atoms with Crippen LogP contribution in [-0.4, -0.2) is 53.5 Å². The number of nitrogens with one attached hydrogen (secondary N) is 1. The van der Waals surface area contributed by atoms with Gasteiger partial charge in [-0.15, -0.1) is 0 Å². The third kappa shape index (κ3) is 4.12. The molecule has 144 valence electrons. The van der Waals surface area contributed by atoms with Crippen LogP contribution >= 0.6 is 11.6 Å². The van der Waals surface area contributed by atoms with E-state index in [2.05, 4.69) is 22.2 Å². The van der Waals surface area contributed by atoms with E-state index in [9.17, 15) is 0 Å². The molecule has 7 heteroatoms. The number of hydrogen-bond donors (Lipinski definition) is 1. The quantitative estimate of drug-likeness (QED) is 0.647. The van der Waals surface area contributed by atoms with Crippen molar-refractivity contribution in [1.82, 2.24) is 20.0 Å². The van der Waals surface area contributed by atoms with Crippen LogP contribution < -0.4 is 5.32 Å². The maximum absolute atomic E-state index is 5.96. The molecule has 0 saturated carbocycles. The summed E-state index contributed by atoms with van der Waals surface area (Å²) >= 11 is 5.96. The summed E-state index contributed by atoms with van der Waals surface area (Å²) in [5, 5.41) is 8.61. The average molecular weight is 388 g/mol. The summed E-state index contributed by atoms with van der Waals surface area (Å²) in [5.74, 6) is 0.987. The fourth-order valence-electron chi connectivity index (χ4n) is 3.86. The Balaban J connectivity index is 1.44. The fraction of sp³-hybridized carbons (Fsp3) is 0.500. The molecule has 0 amide bonds. The second-order valence-electron chi connectivity index (χ2n) is 7.41. The SMILES string of the molecule is CCNC(=NCc1cnn(-c2ccc(Cl)cc2)c1)N1CCC2(CCOC2)C1. The minimum absolute atomic E-state index is 0.329. The summed E-state index contributed by atoms with van der Waals surface area (Å²) < 4.78 is 7.50. The molecule has 1 aromatic heterocycles. The van der Waals surface area contributed by atoms with Gasteiger partial charge in [-0.1, -0.05) is 11.6 Å². The highest BCUT2D eigenvalue weighted by molar-refractivity contribution is 6.30. The maximum atomic E-state index is 5.96. The molecule has 4 rings (SSSR count). The normalized spacial score (nSPS) is 22.7. The first kappa shape index (κ1) is 18.3. The molecular formula is C20H26ClN5O. The Morgan fingerprint density at radius 2 is 2.19 bits per heavy atom. The molecule has 2 saturated heterocycles. The molecule has 2 aliphatic rings. The molecular weight excluding hydrogens is 362 g/mol. The van der Waals surface area contributed by atoms with Crippen LogP contribution in [0.15, 0.2) is 41.7 Å². The third-order valence-corrected chi connectivity index (χ3v) is 5.65. The molecule has 0 aliphatic carbocycles. The van der Waals surface area contributed by atoms with Gasteiger partial charge in [0, 0.05) is 48.4 Å². The van der Waals surface area contributed by atoms with E-state index in [-0.39, 0.29) is 0 Å². The van der Waals surface area contributed by atoms with Crippen LogP contribution in [0, 0.1) is 5.41 Å². The standard InChI is InChI=1S/C20H26ClN5O/c1-2-22-19(25-9-7-20(14-25)8-10-27-15-20)23-11-16-12-24-26(13-16)18-5-3-17(21)4-6-18/h3-6,12-13H,2,7-11,14-15H2,1H3,(H,22,23). The van der Waals surface area contributed by atoms with Gasteiger partial charge < -0.3 is 15.0 Å². The lowest BCUT2D eigenvalue weighted by molar-refractivity contribution is 0.156. The van der Waals surface area contributed by atoms with E-state index in [0.29, 0.717) is 12.0 Å². The molecule has 1 unspecified atom stereocenters. The van der Waals surface area contributed by atoms with Crippen LogP contribution in [0.4, 0.5) is 0 Å². The zero-order valence-corrected chi connectivity index (χ0v) is 16.5. The number of aliphatic imine (C=N–C) groups is 1. The van der Waals surface area contributed by atoms with Crippen molar-refractivity contribution in [2.24, 2.45) is 10.4 Å². The van der Waals surface area contributed by atoms with Crippen molar-refractivity contribution >= 4 is 17.6 Å². The topological polar surface area (TPSA) is 54.7 Å². The smallest absolute Gasteiger partial charge is 0.194 e. The van der Waals surface area contributed by atoms with Crippen LogP contribution in [0.1, 0.15) is 25.3 Å². The Labute approximate surface area is 165 Å². The molecule has 27 heavy (non-hydrogen) atoms. The zero-order valence-electron chi connectivity index (χ0n) is 15.7. The number of likely N-dealkylation sites (tertiary alicyclic amines) is 1. The van der Waals surface area contributed by atoms with Gasteiger partial charge in [0.05, 0.1) is 25.0 Å². The van der Waals surface area contributed by atoms with Crippen LogP contribution in [-0.2, 0) is 11.3 Å². The van der Waals surface area contributed by atoms with E-state index < -0.39 is 0 Å². The van der Waals surface area contributed by atoms with E-state index >= 15 is 0 Å². The highest BCUT2D eigenvalue weighted by atomic mass is 35.5. The van der Waals surface area contributed by atoms with E-state index in [1.807, 2.05) is 41.3 Å². The number of ether oxygens (including phenoxy) is 1. The van der Waals surface area contributed by atoms with Crippen molar-refractivity contribution in [3.63, 3.8) is 0 Å². The number of nitrogens with zero attached hydrogens (tertiary/aromatic N) is 4. The number of halogens is 1. The van der Waals surface area contributed by atoms with Gasteiger partial charge in [-0.3, -0.25) is 0 Å². The van der Waals surface area contributed by atoms with Gasteiger partial charge in [0.25, 0.3) is 0 Å². The number of rotatable bonds is 4. The van der Waals surface area contributed by atoms with Crippen molar-refractivity contribution in [1.29, 1.82) is 0 Å². The molecule has 1 N–H and O–H groups in total. The molecule has 6 nitrogen and oxygen atoms in total. The van der Waals surface area contributed by atoms with Crippen molar-refractivity contribution in [2.75, 3.05) is 32.8 Å². The van der Waals surface area contributed by atoms with E-state index in [4.69, 9.17) is 21.3 Å². The van der Waals surface area contributed by atoms with Gasteiger partial charge in [0.1, 0.15) is 0 Å². The monoisotopic (exact) mass is 387 g/mol. The van der Waals surface area contributed by atoms with Crippen molar-refractivity contribution in [3.05, 3.63) is 47.2 Å². The Morgan fingerprint density at radius 1 is 1.33 bits per heavy atom. The third-order valence-electron chi connectivity index (χ3n) is 5.40. The van der Waals surface area contributed by atoms with Gasteiger partial charge in [-0.05, 0) is 44.0 Å². The van der Waals surface area contributed by atoms with Crippen LogP contribution in [0.3, 0.4) is 0 Å². The predicted molar refractivity (Wildman–Crippen MR) is 107 cm³/mol. The van der Waals surface area contributed by atoms with Gasteiger partial charge in [0.15, 0.2) is 5.96 Å². The van der Waals surface area contributed by atoms with Gasteiger partial charge >= 0.3 is 0 Å². The number of guanidine groups is 1. The largest absolute Gasteiger partial charge is 0.381 e. The summed E-state index contributed by atoms with van der Waals surface area (Å²) in [7, 11) is 0. The second-order valence-corrected chi connectivity index (χ2v) is 7.85. The summed E-state index contributed by atoms with van der Waals surface area (Å²) in [6, 6.07) is 7.66. The Kier molecular flexibility index (Phi) is 5.36. The van der Waals surface area contributed by atoms with Crippen LogP contribution in [0.2, 0.25) is 5.02 Å². The molecule has 0 bridgehead atoms. The Bertz CT molecular complexity index is 795. The van der Waals surface area contributed by atoms with Crippen LogP contribution in [0.5, 0.6) is 0 Å². The molecule has 2 aliphatic heterocycles. The highest BCUT2D eigenvalue weighted by Crippen LogP contribution is 2.38. The van der Waals surface area contributed by atoms with E-state index in [0.717, 1.165) is 61.5 Å². The molecule has 1 spiro atoms. The predicted octanol–water partition coefficient (Wildman–Crippen LogP) is 3.10. The van der Waals surface area contributed by atoms with E-state index in [1.165, 1.54) is 6.42 Å². The minimum Gasteiger partial charge on any atom is -0.381 e. The average Bonchev–Trinajstić information content (AvgIpc) is 3.42. The first-order valence-corrected chi connectivity index (χ1v) is 9.96. The second kappa shape index (κ2) is 7.90. The molecule has 2 aromatic rings. The first-order chi connectivity index (χ1) is 13.2. The summed E-state index contributed by atoms with van der Waals surface area (Å²) in [6.07, 6.45) is 6.24. The molecule has 1 atom stereocenters. The van der Waals surface area contributed by atoms with Gasteiger partial charge in [0.2, 0.25) is 0 Å². The Hall–Kier alpha value is -2.05. The lowest BCUT2D eigenvalue weighted by Gasteiger charge is -2.24. The van der Waals surface area contributed by atoms with E-state index in [1.54, 1.807) is 0 Å². The summed E-state index contributed by atoms with van der Waals surface area (Å²) in [4.78, 5) is 7.23. The van der Waals surface area contributed by atoms with Crippen molar-refractivity contribution in [2.45, 2.75) is 26.3 Å².